The number of rotatable bonds is 4. The fraction of sp³-hybridized carbons (Fsp3) is 0.133. The molecule has 18 heavy (non-hydrogen) atoms. The van der Waals surface area contributed by atoms with Gasteiger partial charge in [0, 0.05) is 15.7 Å². The molecule has 0 aliphatic rings. The molecule has 0 spiro atoms. The number of benzene rings is 2. The first-order chi connectivity index (χ1) is 8.79. The van der Waals surface area contributed by atoms with Gasteiger partial charge in [-0.15, -0.1) is 11.8 Å². The Bertz CT molecular complexity index is 548. The summed E-state index contributed by atoms with van der Waals surface area (Å²) in [7, 11) is 0. The number of thioether (sulfide) groups is 1. The second-order valence-electron chi connectivity index (χ2n) is 3.86. The average Bonchev–Trinajstić information content (AvgIpc) is 2.41. The first-order valence-electron chi connectivity index (χ1n) is 5.62. The predicted molar refractivity (Wildman–Crippen MR) is 77.0 cm³/mol. The quantitative estimate of drug-likeness (QED) is 0.751. The summed E-state index contributed by atoms with van der Waals surface area (Å²) >= 11 is 7.59. The number of halogens is 1. The molecule has 90 valence electrons. The van der Waals surface area contributed by atoms with Crippen molar-refractivity contribution in [2.75, 3.05) is 5.75 Å². The van der Waals surface area contributed by atoms with Crippen LogP contribution in [0, 0.1) is 11.3 Å². The lowest BCUT2D eigenvalue weighted by Crippen LogP contribution is -1.98. The van der Waals surface area contributed by atoms with Crippen molar-refractivity contribution in [1.29, 1.82) is 5.26 Å². The van der Waals surface area contributed by atoms with E-state index in [9.17, 15) is 5.26 Å². The zero-order valence-electron chi connectivity index (χ0n) is 9.71. The van der Waals surface area contributed by atoms with Crippen molar-refractivity contribution in [3.05, 3.63) is 65.2 Å². The van der Waals surface area contributed by atoms with Gasteiger partial charge in [-0.05, 0) is 23.8 Å². The van der Waals surface area contributed by atoms with Crippen LogP contribution in [0.1, 0.15) is 11.5 Å². The number of nitrogens with zero attached hydrogens (tertiary/aromatic N) is 1. The third-order valence-electron chi connectivity index (χ3n) is 2.57. The highest BCUT2D eigenvalue weighted by atomic mass is 35.5. The summed E-state index contributed by atoms with van der Waals surface area (Å²) in [6, 6.07) is 19.9. The minimum atomic E-state index is -0.0878. The van der Waals surface area contributed by atoms with Gasteiger partial charge in [-0.3, -0.25) is 0 Å². The SMILES string of the molecule is N#CC(CSc1cccc(Cl)c1)c1ccccc1. The van der Waals surface area contributed by atoms with E-state index in [1.54, 1.807) is 11.8 Å². The van der Waals surface area contributed by atoms with Crippen LogP contribution in [-0.2, 0) is 0 Å². The second kappa shape index (κ2) is 6.49. The predicted octanol–water partition coefficient (Wildman–Crippen LogP) is 4.74. The van der Waals surface area contributed by atoms with Gasteiger partial charge in [-0.1, -0.05) is 48.0 Å². The van der Waals surface area contributed by atoms with E-state index in [0.717, 1.165) is 21.2 Å². The van der Waals surface area contributed by atoms with E-state index in [-0.39, 0.29) is 5.92 Å². The lowest BCUT2D eigenvalue weighted by atomic mass is 10.0. The third kappa shape index (κ3) is 3.53. The summed E-state index contributed by atoms with van der Waals surface area (Å²) < 4.78 is 0. The summed E-state index contributed by atoms with van der Waals surface area (Å²) in [6.45, 7) is 0. The lowest BCUT2D eigenvalue weighted by molar-refractivity contribution is 0.996. The van der Waals surface area contributed by atoms with E-state index in [0.29, 0.717) is 0 Å². The largest absolute Gasteiger partial charge is 0.198 e. The van der Waals surface area contributed by atoms with E-state index in [4.69, 9.17) is 11.6 Å². The van der Waals surface area contributed by atoms with Crippen LogP contribution < -0.4 is 0 Å². The Morgan fingerprint density at radius 3 is 2.56 bits per heavy atom. The van der Waals surface area contributed by atoms with Crippen LogP contribution in [0.25, 0.3) is 0 Å². The average molecular weight is 274 g/mol. The van der Waals surface area contributed by atoms with Gasteiger partial charge >= 0.3 is 0 Å². The Morgan fingerprint density at radius 2 is 1.89 bits per heavy atom. The van der Waals surface area contributed by atoms with Crippen molar-refractivity contribution in [3.8, 4) is 6.07 Å². The Balaban J connectivity index is 2.03. The van der Waals surface area contributed by atoms with Crippen molar-refractivity contribution < 1.29 is 0 Å². The zero-order valence-corrected chi connectivity index (χ0v) is 11.3. The molecular weight excluding hydrogens is 262 g/mol. The van der Waals surface area contributed by atoms with Crippen LogP contribution >= 0.6 is 23.4 Å². The monoisotopic (exact) mass is 273 g/mol. The third-order valence-corrected chi connectivity index (χ3v) is 3.89. The van der Waals surface area contributed by atoms with Gasteiger partial charge in [0.15, 0.2) is 0 Å². The van der Waals surface area contributed by atoms with Crippen molar-refractivity contribution in [2.24, 2.45) is 0 Å². The standard InChI is InChI=1S/C15H12ClNS/c16-14-7-4-8-15(9-14)18-11-13(10-17)12-5-2-1-3-6-12/h1-9,13H,11H2. The molecular formula is C15H12ClNS. The summed E-state index contributed by atoms with van der Waals surface area (Å²) in [5.74, 6) is 0.649. The molecule has 0 bridgehead atoms. The smallest absolute Gasteiger partial charge is 0.0806 e. The van der Waals surface area contributed by atoms with E-state index in [1.807, 2.05) is 54.6 Å². The second-order valence-corrected chi connectivity index (χ2v) is 5.39. The maximum absolute atomic E-state index is 9.22. The maximum Gasteiger partial charge on any atom is 0.0806 e. The summed E-state index contributed by atoms with van der Waals surface area (Å²) in [5.41, 5.74) is 1.06. The van der Waals surface area contributed by atoms with Crippen LogP contribution in [0.5, 0.6) is 0 Å². The molecule has 1 nitrogen and oxygen atoms in total. The first kappa shape index (κ1) is 13.0. The molecule has 0 saturated carbocycles. The zero-order chi connectivity index (χ0) is 12.8. The van der Waals surface area contributed by atoms with Crippen LogP contribution in [0.3, 0.4) is 0 Å². The molecule has 0 fully saturated rings. The van der Waals surface area contributed by atoms with Gasteiger partial charge < -0.3 is 0 Å². The molecule has 0 N–H and O–H groups in total. The van der Waals surface area contributed by atoms with Gasteiger partial charge in [0.25, 0.3) is 0 Å². The van der Waals surface area contributed by atoms with Crippen molar-refractivity contribution in [3.63, 3.8) is 0 Å². The highest BCUT2D eigenvalue weighted by Gasteiger charge is 2.10. The number of hydrogen-bond donors (Lipinski definition) is 0. The molecule has 0 radical (unpaired) electrons. The first-order valence-corrected chi connectivity index (χ1v) is 6.99. The summed E-state index contributed by atoms with van der Waals surface area (Å²) in [6.07, 6.45) is 0. The van der Waals surface area contributed by atoms with Crippen LogP contribution in [0.4, 0.5) is 0 Å². The molecule has 1 atom stereocenters. The highest BCUT2D eigenvalue weighted by Crippen LogP contribution is 2.27. The van der Waals surface area contributed by atoms with Gasteiger partial charge in [-0.25, -0.2) is 0 Å². The molecule has 0 aliphatic heterocycles. The highest BCUT2D eigenvalue weighted by molar-refractivity contribution is 7.99. The summed E-state index contributed by atoms with van der Waals surface area (Å²) in [5, 5.41) is 9.95. The maximum atomic E-state index is 9.22. The minimum Gasteiger partial charge on any atom is -0.198 e. The van der Waals surface area contributed by atoms with Crippen LogP contribution in [0.2, 0.25) is 5.02 Å². The molecule has 0 aromatic heterocycles. The van der Waals surface area contributed by atoms with Gasteiger partial charge in [-0.2, -0.15) is 5.26 Å². The van der Waals surface area contributed by atoms with Gasteiger partial charge in [0.2, 0.25) is 0 Å². The fourth-order valence-corrected chi connectivity index (χ4v) is 2.90. The molecule has 1 unspecified atom stereocenters. The molecule has 0 amide bonds. The molecule has 0 aliphatic carbocycles. The van der Waals surface area contributed by atoms with Crippen LogP contribution in [0.15, 0.2) is 59.5 Å². The lowest BCUT2D eigenvalue weighted by Gasteiger charge is -2.09. The van der Waals surface area contributed by atoms with E-state index < -0.39 is 0 Å². The van der Waals surface area contributed by atoms with Crippen molar-refractivity contribution in [2.45, 2.75) is 10.8 Å². The Morgan fingerprint density at radius 1 is 1.11 bits per heavy atom. The molecule has 0 heterocycles. The van der Waals surface area contributed by atoms with Crippen LogP contribution in [-0.4, -0.2) is 5.75 Å². The minimum absolute atomic E-state index is 0.0878. The van der Waals surface area contributed by atoms with Crippen molar-refractivity contribution in [1.82, 2.24) is 0 Å². The Labute approximate surface area is 116 Å². The number of hydrogen-bond acceptors (Lipinski definition) is 2. The van der Waals surface area contributed by atoms with Gasteiger partial charge in [0.1, 0.15) is 0 Å². The summed E-state index contributed by atoms with van der Waals surface area (Å²) in [4.78, 5) is 1.10. The molecule has 2 rings (SSSR count). The van der Waals surface area contributed by atoms with Crippen molar-refractivity contribution >= 4 is 23.4 Å². The Kier molecular flexibility index (Phi) is 4.69. The van der Waals surface area contributed by atoms with E-state index >= 15 is 0 Å². The van der Waals surface area contributed by atoms with Gasteiger partial charge in [0.05, 0.1) is 12.0 Å². The normalized spacial score (nSPS) is 11.8. The van der Waals surface area contributed by atoms with E-state index in [1.165, 1.54) is 0 Å². The molecule has 3 heteroatoms. The molecule has 0 saturated heterocycles. The number of nitriles is 1. The topological polar surface area (TPSA) is 23.8 Å². The molecule has 2 aromatic rings. The Hall–Kier alpha value is -1.43. The van der Waals surface area contributed by atoms with E-state index in [2.05, 4.69) is 6.07 Å². The fourth-order valence-electron chi connectivity index (χ4n) is 1.63. The molecule has 2 aromatic carbocycles.